The third kappa shape index (κ3) is 4.79. The summed E-state index contributed by atoms with van der Waals surface area (Å²) in [4.78, 5) is 0. The van der Waals surface area contributed by atoms with E-state index in [9.17, 15) is 0 Å². The molecule has 1 nitrogen and oxygen atoms in total. The van der Waals surface area contributed by atoms with E-state index in [2.05, 4.69) is 29.8 Å². The molecule has 84 valence electrons. The van der Waals surface area contributed by atoms with Gasteiger partial charge in [0.15, 0.2) is 0 Å². The van der Waals surface area contributed by atoms with E-state index in [4.69, 9.17) is 4.74 Å². The van der Waals surface area contributed by atoms with Crippen molar-refractivity contribution in [3.8, 4) is 0 Å². The normalized spacial score (nSPS) is 19.9. The minimum atomic E-state index is 0.286. The summed E-state index contributed by atoms with van der Waals surface area (Å²) < 4.78 is 5.80. The van der Waals surface area contributed by atoms with Crippen LogP contribution in [0.15, 0.2) is 0 Å². The lowest BCUT2D eigenvalue weighted by Gasteiger charge is -2.25. The number of hydrogen-bond acceptors (Lipinski definition) is 1. The molecule has 0 aromatic rings. The maximum atomic E-state index is 5.80. The predicted octanol–water partition coefficient (Wildman–Crippen LogP) is 4.00. The molecule has 0 saturated heterocycles. The summed E-state index contributed by atoms with van der Waals surface area (Å²) in [5, 5.41) is 1.02. The van der Waals surface area contributed by atoms with E-state index in [0.29, 0.717) is 0 Å². The van der Waals surface area contributed by atoms with Crippen molar-refractivity contribution in [3.63, 3.8) is 0 Å². The maximum absolute atomic E-state index is 5.80. The van der Waals surface area contributed by atoms with Gasteiger partial charge < -0.3 is 4.74 Å². The van der Waals surface area contributed by atoms with Crippen LogP contribution in [0.4, 0.5) is 0 Å². The van der Waals surface area contributed by atoms with E-state index >= 15 is 0 Å². The van der Waals surface area contributed by atoms with Crippen LogP contribution >= 0.6 is 15.9 Å². The first-order valence-electron chi connectivity index (χ1n) is 5.78. The van der Waals surface area contributed by atoms with Gasteiger partial charge in [0.2, 0.25) is 0 Å². The van der Waals surface area contributed by atoms with E-state index < -0.39 is 0 Å². The lowest BCUT2D eigenvalue weighted by molar-refractivity contribution is 0.0410. The molecule has 1 saturated carbocycles. The van der Waals surface area contributed by atoms with Gasteiger partial charge in [-0.25, -0.2) is 0 Å². The summed E-state index contributed by atoms with van der Waals surface area (Å²) in [6.07, 6.45) is 7.03. The van der Waals surface area contributed by atoms with E-state index in [-0.39, 0.29) is 5.41 Å². The highest BCUT2D eigenvalue weighted by atomic mass is 79.9. The Bertz CT molecular complexity index is 150. The van der Waals surface area contributed by atoms with Crippen molar-refractivity contribution in [3.05, 3.63) is 0 Å². The minimum Gasteiger partial charge on any atom is -0.381 e. The SMILES string of the molecule is CC(C)(CBr)COCC1CCCCC1. The van der Waals surface area contributed by atoms with E-state index in [1.807, 2.05) is 0 Å². The second-order valence-electron chi connectivity index (χ2n) is 5.32. The van der Waals surface area contributed by atoms with Crippen molar-refractivity contribution in [2.75, 3.05) is 18.5 Å². The molecule has 14 heavy (non-hydrogen) atoms. The van der Waals surface area contributed by atoms with Gasteiger partial charge >= 0.3 is 0 Å². The van der Waals surface area contributed by atoms with Crippen LogP contribution in [0, 0.1) is 11.3 Å². The maximum Gasteiger partial charge on any atom is 0.0525 e. The van der Waals surface area contributed by atoms with Crippen LogP contribution in [0.3, 0.4) is 0 Å². The number of alkyl halides is 1. The third-order valence-corrected chi connectivity index (χ3v) is 4.45. The van der Waals surface area contributed by atoms with Gasteiger partial charge in [0.1, 0.15) is 0 Å². The van der Waals surface area contributed by atoms with Crippen LogP contribution in [-0.4, -0.2) is 18.5 Å². The Morgan fingerprint density at radius 3 is 2.43 bits per heavy atom. The van der Waals surface area contributed by atoms with Crippen LogP contribution in [-0.2, 0) is 4.74 Å². The molecule has 0 bridgehead atoms. The van der Waals surface area contributed by atoms with Gasteiger partial charge in [-0.05, 0) is 24.2 Å². The number of hydrogen-bond donors (Lipinski definition) is 0. The van der Waals surface area contributed by atoms with Crippen molar-refractivity contribution >= 4 is 15.9 Å². The monoisotopic (exact) mass is 262 g/mol. The quantitative estimate of drug-likeness (QED) is 0.681. The third-order valence-electron chi connectivity index (χ3n) is 2.93. The van der Waals surface area contributed by atoms with Crippen LogP contribution in [0.25, 0.3) is 0 Å². The van der Waals surface area contributed by atoms with E-state index in [1.165, 1.54) is 32.1 Å². The molecular formula is C12H23BrO. The molecule has 0 N–H and O–H groups in total. The van der Waals surface area contributed by atoms with Crippen molar-refractivity contribution in [2.45, 2.75) is 46.0 Å². The second-order valence-corrected chi connectivity index (χ2v) is 5.88. The molecule has 0 atom stereocenters. The summed E-state index contributed by atoms with van der Waals surface area (Å²) in [6, 6.07) is 0. The zero-order chi connectivity index (χ0) is 10.4. The van der Waals surface area contributed by atoms with Crippen LogP contribution in [0.1, 0.15) is 46.0 Å². The number of rotatable bonds is 5. The van der Waals surface area contributed by atoms with Gasteiger partial charge in [0, 0.05) is 11.9 Å². The van der Waals surface area contributed by atoms with Gasteiger partial charge in [0.25, 0.3) is 0 Å². The van der Waals surface area contributed by atoms with Crippen LogP contribution in [0.2, 0.25) is 0 Å². The summed E-state index contributed by atoms with van der Waals surface area (Å²) in [5.41, 5.74) is 0.286. The molecule has 0 amide bonds. The first-order chi connectivity index (χ1) is 6.64. The highest BCUT2D eigenvalue weighted by Gasteiger charge is 2.18. The lowest BCUT2D eigenvalue weighted by atomic mass is 9.90. The molecule has 1 aliphatic rings. The van der Waals surface area contributed by atoms with Crippen molar-refractivity contribution in [1.82, 2.24) is 0 Å². The van der Waals surface area contributed by atoms with Crippen molar-refractivity contribution < 1.29 is 4.74 Å². The zero-order valence-electron chi connectivity index (χ0n) is 9.52. The van der Waals surface area contributed by atoms with Crippen LogP contribution in [0.5, 0.6) is 0 Å². The molecule has 0 spiro atoms. The highest BCUT2D eigenvalue weighted by molar-refractivity contribution is 9.09. The Morgan fingerprint density at radius 2 is 1.86 bits per heavy atom. The molecule has 0 aromatic heterocycles. The second kappa shape index (κ2) is 6.12. The molecule has 0 aromatic carbocycles. The van der Waals surface area contributed by atoms with Gasteiger partial charge in [0.05, 0.1) is 6.61 Å². The minimum absolute atomic E-state index is 0.286. The fraction of sp³-hybridized carbons (Fsp3) is 1.00. The smallest absolute Gasteiger partial charge is 0.0525 e. The van der Waals surface area contributed by atoms with Gasteiger partial charge in [-0.1, -0.05) is 49.0 Å². The summed E-state index contributed by atoms with van der Waals surface area (Å²) in [7, 11) is 0. The summed E-state index contributed by atoms with van der Waals surface area (Å²) in [6.45, 7) is 6.34. The standard InChI is InChI=1S/C12H23BrO/c1-12(2,9-13)10-14-8-11-6-4-3-5-7-11/h11H,3-10H2,1-2H3. The number of ether oxygens (including phenoxy) is 1. The Hall–Kier alpha value is 0.440. The molecule has 0 heterocycles. The van der Waals surface area contributed by atoms with Gasteiger partial charge in [-0.2, -0.15) is 0 Å². The van der Waals surface area contributed by atoms with Gasteiger partial charge in [-0.3, -0.25) is 0 Å². The Morgan fingerprint density at radius 1 is 1.21 bits per heavy atom. The Kier molecular flexibility index (Phi) is 5.47. The molecule has 1 rings (SSSR count). The number of halogens is 1. The fourth-order valence-electron chi connectivity index (χ4n) is 1.89. The van der Waals surface area contributed by atoms with Crippen LogP contribution < -0.4 is 0 Å². The molecule has 0 radical (unpaired) electrons. The first-order valence-corrected chi connectivity index (χ1v) is 6.90. The zero-order valence-corrected chi connectivity index (χ0v) is 11.1. The summed E-state index contributed by atoms with van der Waals surface area (Å²) >= 11 is 3.52. The molecule has 1 aliphatic carbocycles. The van der Waals surface area contributed by atoms with E-state index in [0.717, 1.165) is 24.5 Å². The predicted molar refractivity (Wildman–Crippen MR) is 65.0 cm³/mol. The lowest BCUT2D eigenvalue weighted by Crippen LogP contribution is -2.23. The average molecular weight is 263 g/mol. The van der Waals surface area contributed by atoms with Gasteiger partial charge in [-0.15, -0.1) is 0 Å². The summed E-state index contributed by atoms with van der Waals surface area (Å²) in [5.74, 6) is 0.842. The molecule has 0 unspecified atom stereocenters. The molecule has 1 fully saturated rings. The first kappa shape index (κ1) is 12.5. The van der Waals surface area contributed by atoms with Crippen molar-refractivity contribution in [1.29, 1.82) is 0 Å². The largest absolute Gasteiger partial charge is 0.381 e. The Balaban J connectivity index is 2.08. The Labute approximate surface area is 96.7 Å². The van der Waals surface area contributed by atoms with Crippen molar-refractivity contribution in [2.24, 2.45) is 11.3 Å². The molecular weight excluding hydrogens is 240 g/mol. The molecule has 0 aliphatic heterocycles. The fourth-order valence-corrected chi connectivity index (χ4v) is 2.06. The average Bonchev–Trinajstić information content (AvgIpc) is 2.19. The molecule has 2 heteroatoms. The topological polar surface area (TPSA) is 9.23 Å². The van der Waals surface area contributed by atoms with E-state index in [1.54, 1.807) is 0 Å². The highest BCUT2D eigenvalue weighted by Crippen LogP contribution is 2.25.